The number of nitro benzene ring substituents is 1. The summed E-state index contributed by atoms with van der Waals surface area (Å²) in [7, 11) is 0. The Morgan fingerprint density at radius 2 is 1.96 bits per heavy atom. The summed E-state index contributed by atoms with van der Waals surface area (Å²) < 4.78 is 5.29. The van der Waals surface area contributed by atoms with Crippen LogP contribution in [0.25, 0.3) is 0 Å². The van der Waals surface area contributed by atoms with Crippen molar-refractivity contribution in [2.45, 2.75) is 6.92 Å². The first kappa shape index (κ1) is 19.6. The van der Waals surface area contributed by atoms with Gasteiger partial charge in [0.25, 0.3) is 17.5 Å². The fraction of sp³-hybridized carbons (Fsp3) is 0.167. The number of non-ortho nitro benzene ring substituents is 1. The molecule has 0 aliphatic carbocycles. The van der Waals surface area contributed by atoms with Gasteiger partial charge in [-0.15, -0.1) is 0 Å². The minimum atomic E-state index is -0.532. The van der Waals surface area contributed by atoms with E-state index in [0.29, 0.717) is 23.5 Å². The van der Waals surface area contributed by atoms with Crippen LogP contribution in [0.1, 0.15) is 22.8 Å². The van der Waals surface area contributed by atoms with Crippen LogP contribution in [0, 0.1) is 10.1 Å². The summed E-state index contributed by atoms with van der Waals surface area (Å²) in [6.45, 7) is 2.13. The predicted octanol–water partition coefficient (Wildman–Crippen LogP) is 1.87. The van der Waals surface area contributed by atoms with Crippen LogP contribution in [-0.4, -0.2) is 36.1 Å². The lowest BCUT2D eigenvalue weighted by atomic mass is 10.2. The van der Waals surface area contributed by atoms with Crippen molar-refractivity contribution < 1.29 is 19.2 Å². The first-order valence-corrected chi connectivity index (χ1v) is 8.07. The lowest BCUT2D eigenvalue weighted by molar-refractivity contribution is -0.384. The smallest absolute Gasteiger partial charge is 0.270 e. The van der Waals surface area contributed by atoms with E-state index < -0.39 is 16.7 Å². The molecule has 2 aromatic rings. The van der Waals surface area contributed by atoms with E-state index in [9.17, 15) is 19.7 Å². The van der Waals surface area contributed by atoms with Crippen molar-refractivity contribution in [2.24, 2.45) is 5.10 Å². The molecule has 0 unspecified atom stereocenters. The van der Waals surface area contributed by atoms with Crippen molar-refractivity contribution in [2.75, 3.05) is 13.2 Å². The third-order valence-corrected chi connectivity index (χ3v) is 3.32. The number of nitrogens with one attached hydrogen (secondary N) is 2. The van der Waals surface area contributed by atoms with Crippen molar-refractivity contribution >= 4 is 23.7 Å². The van der Waals surface area contributed by atoms with Crippen LogP contribution in [-0.2, 0) is 4.79 Å². The number of carbonyl (C=O) groups excluding carboxylic acids is 2. The fourth-order valence-electron chi connectivity index (χ4n) is 2.07. The number of nitro groups is 1. The number of ether oxygens (including phenoxy) is 1. The van der Waals surface area contributed by atoms with Gasteiger partial charge in [-0.1, -0.05) is 12.1 Å². The molecule has 2 rings (SSSR count). The van der Waals surface area contributed by atoms with Crippen LogP contribution in [0.3, 0.4) is 0 Å². The maximum atomic E-state index is 12.0. The summed E-state index contributed by atoms with van der Waals surface area (Å²) in [6.07, 6.45) is 1.28. The average molecular weight is 370 g/mol. The number of benzene rings is 2. The van der Waals surface area contributed by atoms with Gasteiger partial charge in [-0.3, -0.25) is 19.7 Å². The van der Waals surface area contributed by atoms with Gasteiger partial charge in [0.2, 0.25) is 0 Å². The maximum absolute atomic E-state index is 12.0. The molecule has 0 atom stereocenters. The van der Waals surface area contributed by atoms with E-state index in [4.69, 9.17) is 4.74 Å². The lowest BCUT2D eigenvalue weighted by Crippen LogP contribution is -2.34. The molecule has 0 spiro atoms. The first-order valence-electron chi connectivity index (χ1n) is 8.07. The van der Waals surface area contributed by atoms with Gasteiger partial charge in [-0.05, 0) is 31.2 Å². The molecule has 2 N–H and O–H groups in total. The highest BCUT2D eigenvalue weighted by Gasteiger charge is 2.08. The van der Waals surface area contributed by atoms with Gasteiger partial charge in [0.15, 0.2) is 0 Å². The Bertz CT molecular complexity index is 849. The van der Waals surface area contributed by atoms with E-state index >= 15 is 0 Å². The van der Waals surface area contributed by atoms with E-state index in [-0.39, 0.29) is 12.2 Å². The highest BCUT2D eigenvalue weighted by atomic mass is 16.6. The first-order chi connectivity index (χ1) is 13.0. The normalized spacial score (nSPS) is 10.4. The molecular weight excluding hydrogens is 352 g/mol. The molecule has 2 amide bonds. The molecule has 0 saturated heterocycles. The summed E-state index contributed by atoms with van der Waals surface area (Å²) >= 11 is 0. The summed E-state index contributed by atoms with van der Waals surface area (Å²) in [5.74, 6) is -0.283. The van der Waals surface area contributed by atoms with Crippen LogP contribution in [0.4, 0.5) is 5.69 Å². The zero-order valence-corrected chi connectivity index (χ0v) is 14.5. The molecule has 9 heteroatoms. The Hall–Kier alpha value is -3.75. The Kier molecular flexibility index (Phi) is 7.00. The molecule has 0 aromatic heterocycles. The number of nitrogens with zero attached hydrogens (tertiary/aromatic N) is 2. The van der Waals surface area contributed by atoms with Crippen molar-refractivity contribution in [3.05, 3.63) is 69.8 Å². The topological polar surface area (TPSA) is 123 Å². The Balaban J connectivity index is 1.81. The molecule has 0 aliphatic heterocycles. The largest absolute Gasteiger partial charge is 0.494 e. The number of hydrogen-bond donors (Lipinski definition) is 2. The van der Waals surface area contributed by atoms with E-state index in [0.717, 1.165) is 0 Å². The van der Waals surface area contributed by atoms with E-state index in [1.54, 1.807) is 30.3 Å². The molecule has 0 heterocycles. The van der Waals surface area contributed by atoms with Crippen LogP contribution < -0.4 is 15.5 Å². The number of carbonyl (C=O) groups is 2. The van der Waals surface area contributed by atoms with Crippen molar-refractivity contribution in [3.8, 4) is 5.75 Å². The molecule has 0 bridgehead atoms. The number of hydrazone groups is 1. The molecule has 140 valence electrons. The lowest BCUT2D eigenvalue weighted by Gasteiger charge is -2.06. The number of amides is 2. The second-order valence-electron chi connectivity index (χ2n) is 5.29. The van der Waals surface area contributed by atoms with Gasteiger partial charge in [0, 0.05) is 23.3 Å². The van der Waals surface area contributed by atoms with Crippen LogP contribution in [0.5, 0.6) is 5.75 Å². The standard InChI is InChI=1S/C18H18N4O5/c1-2-27-16-8-6-14(7-9-16)18(24)19-12-17(23)21-20-11-13-4-3-5-15(10-13)22(25)26/h3-11H,2,12H2,1H3,(H,19,24)(H,21,23)/b20-11+. The van der Waals surface area contributed by atoms with Crippen molar-refractivity contribution in [1.29, 1.82) is 0 Å². The number of rotatable bonds is 8. The molecule has 0 aliphatic rings. The van der Waals surface area contributed by atoms with Crippen LogP contribution in [0.2, 0.25) is 0 Å². The molecule has 0 radical (unpaired) electrons. The molecular formula is C18H18N4O5. The zero-order chi connectivity index (χ0) is 19.6. The molecule has 0 saturated carbocycles. The highest BCUT2D eigenvalue weighted by Crippen LogP contribution is 2.12. The van der Waals surface area contributed by atoms with Crippen molar-refractivity contribution in [1.82, 2.24) is 10.7 Å². The SMILES string of the molecule is CCOc1ccc(C(=O)NCC(=O)N/N=C/c2cccc([N+](=O)[O-])c2)cc1. The third kappa shape index (κ3) is 6.24. The zero-order valence-electron chi connectivity index (χ0n) is 14.5. The summed E-state index contributed by atoms with van der Waals surface area (Å²) in [5.41, 5.74) is 3.02. The van der Waals surface area contributed by atoms with Crippen molar-refractivity contribution in [3.63, 3.8) is 0 Å². The molecule has 27 heavy (non-hydrogen) atoms. The highest BCUT2D eigenvalue weighted by molar-refractivity contribution is 5.96. The molecule has 0 fully saturated rings. The van der Waals surface area contributed by atoms with Crippen LogP contribution >= 0.6 is 0 Å². The van der Waals surface area contributed by atoms with E-state index in [2.05, 4.69) is 15.8 Å². The van der Waals surface area contributed by atoms with Crippen LogP contribution in [0.15, 0.2) is 53.6 Å². The van der Waals surface area contributed by atoms with Gasteiger partial charge >= 0.3 is 0 Å². The van der Waals surface area contributed by atoms with Gasteiger partial charge < -0.3 is 10.1 Å². The van der Waals surface area contributed by atoms with E-state index in [1.165, 1.54) is 24.4 Å². The summed E-state index contributed by atoms with van der Waals surface area (Å²) in [6, 6.07) is 12.3. The fourth-order valence-corrected chi connectivity index (χ4v) is 2.07. The van der Waals surface area contributed by atoms with Gasteiger partial charge in [-0.25, -0.2) is 5.43 Å². The summed E-state index contributed by atoms with van der Waals surface area (Å²) in [5, 5.41) is 16.9. The Morgan fingerprint density at radius 3 is 2.63 bits per heavy atom. The monoisotopic (exact) mass is 370 g/mol. The minimum absolute atomic E-state index is 0.0760. The van der Waals surface area contributed by atoms with Gasteiger partial charge in [-0.2, -0.15) is 5.10 Å². The Labute approximate surface area is 155 Å². The Morgan fingerprint density at radius 1 is 1.22 bits per heavy atom. The average Bonchev–Trinajstić information content (AvgIpc) is 2.67. The third-order valence-electron chi connectivity index (χ3n) is 3.32. The molecule has 2 aromatic carbocycles. The number of hydrogen-bond acceptors (Lipinski definition) is 6. The second kappa shape index (κ2) is 9.66. The quantitative estimate of drug-likeness (QED) is 0.417. The minimum Gasteiger partial charge on any atom is -0.494 e. The van der Waals surface area contributed by atoms with E-state index in [1.807, 2.05) is 6.92 Å². The van der Waals surface area contributed by atoms with Gasteiger partial charge in [0.05, 0.1) is 24.3 Å². The predicted molar refractivity (Wildman–Crippen MR) is 98.8 cm³/mol. The molecule has 9 nitrogen and oxygen atoms in total. The van der Waals surface area contributed by atoms with Gasteiger partial charge in [0.1, 0.15) is 5.75 Å². The second-order valence-corrected chi connectivity index (χ2v) is 5.29. The summed E-state index contributed by atoms with van der Waals surface area (Å²) in [4.78, 5) is 33.9. The maximum Gasteiger partial charge on any atom is 0.270 e.